The minimum Gasteiger partial charge on any atom is -0.481 e. The summed E-state index contributed by atoms with van der Waals surface area (Å²) in [6.07, 6.45) is 0.0958. The molecular weight excluding hydrogens is 264 g/mol. The van der Waals surface area contributed by atoms with Crippen LogP contribution in [0.3, 0.4) is 0 Å². The van der Waals surface area contributed by atoms with E-state index in [1.54, 1.807) is 19.2 Å². The number of fused-ring (bicyclic) bond motifs is 1. The van der Waals surface area contributed by atoms with Crippen molar-refractivity contribution in [3.05, 3.63) is 34.3 Å². The largest absolute Gasteiger partial charge is 0.481 e. The standard InChI is InChI=1S/C13H14N2O5/c1-14-9(4-5-11(16)17)12(18)7-2-3-8-10(6-7)20-13(19)15-8/h2-3,6,9,14H,4-5H2,1H3,(H,15,19)(H,16,17). The zero-order valence-corrected chi connectivity index (χ0v) is 10.8. The van der Waals surface area contributed by atoms with Gasteiger partial charge in [-0.25, -0.2) is 4.79 Å². The SMILES string of the molecule is CNC(CCC(=O)O)C(=O)c1ccc2[nH]c(=O)oc2c1. The lowest BCUT2D eigenvalue weighted by molar-refractivity contribution is -0.137. The zero-order chi connectivity index (χ0) is 14.7. The van der Waals surface area contributed by atoms with Gasteiger partial charge in [0.15, 0.2) is 11.4 Å². The second-order valence-electron chi connectivity index (χ2n) is 4.36. The van der Waals surface area contributed by atoms with Gasteiger partial charge in [0, 0.05) is 12.0 Å². The number of oxazole rings is 1. The van der Waals surface area contributed by atoms with E-state index in [4.69, 9.17) is 9.52 Å². The summed E-state index contributed by atoms with van der Waals surface area (Å²) in [5.74, 6) is -1.77. The molecule has 0 aliphatic rings. The molecule has 7 heteroatoms. The van der Waals surface area contributed by atoms with Crippen molar-refractivity contribution in [3.63, 3.8) is 0 Å². The monoisotopic (exact) mass is 278 g/mol. The van der Waals surface area contributed by atoms with Crippen LogP contribution in [0.1, 0.15) is 23.2 Å². The molecule has 1 aromatic carbocycles. The summed E-state index contributed by atoms with van der Waals surface area (Å²) >= 11 is 0. The number of carboxylic acids is 1. The summed E-state index contributed by atoms with van der Waals surface area (Å²) in [6.45, 7) is 0. The summed E-state index contributed by atoms with van der Waals surface area (Å²) < 4.78 is 4.89. The molecule has 1 unspecified atom stereocenters. The molecular formula is C13H14N2O5. The quantitative estimate of drug-likeness (QED) is 0.672. The Balaban J connectivity index is 2.24. The molecule has 0 saturated heterocycles. The van der Waals surface area contributed by atoms with E-state index in [1.807, 2.05) is 0 Å². The van der Waals surface area contributed by atoms with E-state index >= 15 is 0 Å². The predicted molar refractivity (Wildman–Crippen MR) is 70.9 cm³/mol. The molecule has 0 radical (unpaired) electrons. The Bertz CT molecular complexity index is 700. The molecule has 20 heavy (non-hydrogen) atoms. The number of ketones is 1. The van der Waals surface area contributed by atoms with Crippen LogP contribution in [0.25, 0.3) is 11.1 Å². The highest BCUT2D eigenvalue weighted by Gasteiger charge is 2.20. The third kappa shape index (κ3) is 2.94. The van der Waals surface area contributed by atoms with E-state index in [0.29, 0.717) is 16.7 Å². The van der Waals surface area contributed by atoms with Crippen molar-refractivity contribution in [2.24, 2.45) is 0 Å². The number of Topliss-reactive ketones (excluding diaryl/α,β-unsaturated/α-hetero) is 1. The molecule has 0 aliphatic carbocycles. The van der Waals surface area contributed by atoms with E-state index in [1.165, 1.54) is 6.07 Å². The minimum absolute atomic E-state index is 0.0985. The number of carboxylic acid groups (broad SMARTS) is 1. The van der Waals surface area contributed by atoms with Gasteiger partial charge in [-0.15, -0.1) is 0 Å². The van der Waals surface area contributed by atoms with Crippen molar-refractivity contribution in [3.8, 4) is 0 Å². The lowest BCUT2D eigenvalue weighted by Crippen LogP contribution is -2.34. The van der Waals surface area contributed by atoms with Gasteiger partial charge in [-0.1, -0.05) is 0 Å². The molecule has 0 spiro atoms. The van der Waals surface area contributed by atoms with Gasteiger partial charge in [0.25, 0.3) is 0 Å². The Morgan fingerprint density at radius 3 is 2.85 bits per heavy atom. The molecule has 7 nitrogen and oxygen atoms in total. The molecule has 1 heterocycles. The average Bonchev–Trinajstić information content (AvgIpc) is 2.77. The number of H-pyrrole nitrogens is 1. The highest BCUT2D eigenvalue weighted by atomic mass is 16.4. The van der Waals surface area contributed by atoms with E-state index in [9.17, 15) is 14.4 Å². The van der Waals surface area contributed by atoms with Crippen molar-refractivity contribution >= 4 is 22.9 Å². The fraction of sp³-hybridized carbons (Fsp3) is 0.308. The summed E-state index contributed by atoms with van der Waals surface area (Å²) in [5, 5.41) is 11.5. The minimum atomic E-state index is -0.954. The molecule has 1 aromatic heterocycles. The first-order valence-corrected chi connectivity index (χ1v) is 6.07. The van der Waals surface area contributed by atoms with E-state index in [0.717, 1.165) is 0 Å². The molecule has 0 aliphatic heterocycles. The maximum absolute atomic E-state index is 12.3. The molecule has 2 aromatic rings. The van der Waals surface area contributed by atoms with Gasteiger partial charge in [0.2, 0.25) is 0 Å². The number of hydrogen-bond donors (Lipinski definition) is 3. The Hall–Kier alpha value is -2.41. The van der Waals surface area contributed by atoms with Crippen LogP contribution in [-0.4, -0.2) is 34.9 Å². The summed E-state index contributed by atoms with van der Waals surface area (Å²) in [4.78, 5) is 36.4. The first-order valence-electron chi connectivity index (χ1n) is 6.07. The Kier molecular flexibility index (Phi) is 3.99. The van der Waals surface area contributed by atoms with Crippen LogP contribution in [0.2, 0.25) is 0 Å². The van der Waals surface area contributed by atoms with Crippen molar-refractivity contribution in [1.82, 2.24) is 10.3 Å². The normalized spacial score (nSPS) is 12.4. The predicted octanol–water partition coefficient (Wildman–Crippen LogP) is 0.757. The van der Waals surface area contributed by atoms with Crippen LogP contribution >= 0.6 is 0 Å². The van der Waals surface area contributed by atoms with Crippen LogP contribution in [0, 0.1) is 0 Å². The summed E-state index contributed by atoms with van der Waals surface area (Å²) in [6, 6.07) is 4.04. The number of aromatic nitrogens is 1. The van der Waals surface area contributed by atoms with Gasteiger partial charge < -0.3 is 14.8 Å². The molecule has 2 rings (SSSR count). The number of nitrogens with one attached hydrogen (secondary N) is 2. The Morgan fingerprint density at radius 2 is 2.20 bits per heavy atom. The fourth-order valence-corrected chi connectivity index (χ4v) is 1.97. The van der Waals surface area contributed by atoms with Crippen LogP contribution in [-0.2, 0) is 4.79 Å². The van der Waals surface area contributed by atoms with Crippen LogP contribution < -0.4 is 11.1 Å². The van der Waals surface area contributed by atoms with Crippen molar-refractivity contribution < 1.29 is 19.1 Å². The van der Waals surface area contributed by atoms with E-state index in [2.05, 4.69) is 10.3 Å². The van der Waals surface area contributed by atoms with Gasteiger partial charge in [0.1, 0.15) is 0 Å². The summed E-state index contributed by atoms with van der Waals surface area (Å²) in [5.41, 5.74) is 1.18. The highest BCUT2D eigenvalue weighted by Crippen LogP contribution is 2.15. The lowest BCUT2D eigenvalue weighted by atomic mass is 10.00. The first kappa shape index (κ1) is 14.0. The molecule has 0 amide bonds. The molecule has 3 N–H and O–H groups in total. The number of rotatable bonds is 6. The zero-order valence-electron chi connectivity index (χ0n) is 10.8. The van der Waals surface area contributed by atoms with Crippen LogP contribution in [0.4, 0.5) is 0 Å². The van der Waals surface area contributed by atoms with Crippen molar-refractivity contribution in [2.75, 3.05) is 7.05 Å². The van der Waals surface area contributed by atoms with Crippen LogP contribution in [0.15, 0.2) is 27.4 Å². The van der Waals surface area contributed by atoms with E-state index < -0.39 is 17.8 Å². The fourth-order valence-electron chi connectivity index (χ4n) is 1.97. The van der Waals surface area contributed by atoms with E-state index in [-0.39, 0.29) is 18.6 Å². The number of aromatic amines is 1. The third-order valence-corrected chi connectivity index (χ3v) is 3.02. The molecule has 1 atom stereocenters. The first-order chi connectivity index (χ1) is 9.51. The Morgan fingerprint density at radius 1 is 1.45 bits per heavy atom. The Labute approximate surface area is 113 Å². The topological polar surface area (TPSA) is 112 Å². The second-order valence-corrected chi connectivity index (χ2v) is 4.36. The number of aliphatic carboxylic acids is 1. The smallest absolute Gasteiger partial charge is 0.417 e. The number of carbonyl (C=O) groups is 2. The number of hydrogen-bond acceptors (Lipinski definition) is 5. The maximum Gasteiger partial charge on any atom is 0.417 e. The molecule has 0 saturated carbocycles. The maximum atomic E-state index is 12.3. The van der Waals surface area contributed by atoms with Crippen LogP contribution in [0.5, 0.6) is 0 Å². The number of carbonyl (C=O) groups excluding carboxylic acids is 1. The second kappa shape index (κ2) is 5.70. The van der Waals surface area contributed by atoms with Gasteiger partial charge >= 0.3 is 11.7 Å². The summed E-state index contributed by atoms with van der Waals surface area (Å²) in [7, 11) is 1.60. The third-order valence-electron chi connectivity index (χ3n) is 3.02. The van der Waals surface area contributed by atoms with Crippen molar-refractivity contribution in [2.45, 2.75) is 18.9 Å². The number of benzene rings is 1. The lowest BCUT2D eigenvalue weighted by Gasteiger charge is -2.13. The molecule has 106 valence electrons. The van der Waals surface area contributed by atoms with Crippen molar-refractivity contribution in [1.29, 1.82) is 0 Å². The molecule has 0 bridgehead atoms. The van der Waals surface area contributed by atoms with Gasteiger partial charge in [-0.05, 0) is 31.7 Å². The molecule has 0 fully saturated rings. The van der Waals surface area contributed by atoms with Gasteiger partial charge in [-0.3, -0.25) is 14.6 Å². The highest BCUT2D eigenvalue weighted by molar-refractivity contribution is 6.02. The van der Waals surface area contributed by atoms with Gasteiger partial charge in [-0.2, -0.15) is 0 Å². The average molecular weight is 278 g/mol. The number of likely N-dealkylation sites (N-methyl/N-ethyl adjacent to an activating group) is 1. The van der Waals surface area contributed by atoms with Gasteiger partial charge in [0.05, 0.1) is 11.6 Å².